The van der Waals surface area contributed by atoms with Gasteiger partial charge in [0.1, 0.15) is 18.1 Å². The summed E-state index contributed by atoms with van der Waals surface area (Å²) in [7, 11) is 0. The van der Waals surface area contributed by atoms with Crippen LogP contribution < -0.4 is 27.4 Å². The van der Waals surface area contributed by atoms with Crippen LogP contribution in [-0.2, 0) is 30.4 Å². The second-order valence-corrected chi connectivity index (χ2v) is 9.46. The van der Waals surface area contributed by atoms with E-state index in [0.717, 1.165) is 16.5 Å². The van der Waals surface area contributed by atoms with Gasteiger partial charge in [-0.05, 0) is 50.3 Å². The molecule has 1 aromatic heterocycles. The number of aromatic nitrogens is 1. The van der Waals surface area contributed by atoms with Crippen molar-refractivity contribution in [2.45, 2.75) is 62.7 Å². The minimum absolute atomic E-state index is 0.0924. The zero-order chi connectivity index (χ0) is 28.9. The maximum atomic E-state index is 13.0. The number of unbranched alkanes of at least 4 members (excludes halogenated alkanes) is 1. The Bertz CT molecular complexity index is 1160. The molecule has 10 N–H and O–H groups in total. The lowest BCUT2D eigenvalue weighted by Gasteiger charge is -2.24. The number of aliphatic carboxylic acids is 2. The van der Waals surface area contributed by atoms with Gasteiger partial charge in [-0.2, -0.15) is 12.6 Å². The summed E-state index contributed by atoms with van der Waals surface area (Å²) in [5, 5.41) is 26.5. The van der Waals surface area contributed by atoms with Crippen LogP contribution in [-0.4, -0.2) is 81.3 Å². The fourth-order valence-corrected chi connectivity index (χ4v) is 4.19. The molecule has 0 aliphatic carbocycles. The molecule has 0 aliphatic heterocycles. The standard InChI is InChI=1S/C25H36N6O7S/c26-10-4-3-7-18(23(35)30-19(25(37)38)8-9-21(32)33)29-24(36)20(13-39)31-22(34)16(27)11-14-12-28-17-6-2-1-5-15(14)17/h1-2,5-6,12,16,18-20,28,39H,3-4,7-11,13,26-27H2,(H,29,36)(H,30,35)(H,31,34)(H,32,33)(H,37,38). The highest BCUT2D eigenvalue weighted by Crippen LogP contribution is 2.18. The van der Waals surface area contributed by atoms with E-state index in [4.69, 9.17) is 16.6 Å². The average molecular weight is 565 g/mol. The van der Waals surface area contributed by atoms with E-state index in [0.29, 0.717) is 19.4 Å². The van der Waals surface area contributed by atoms with Gasteiger partial charge in [-0.25, -0.2) is 4.79 Å². The number of hydrogen-bond acceptors (Lipinski definition) is 8. The fourth-order valence-electron chi connectivity index (χ4n) is 3.93. The van der Waals surface area contributed by atoms with Gasteiger partial charge in [-0.3, -0.25) is 19.2 Å². The Balaban J connectivity index is 2.04. The van der Waals surface area contributed by atoms with Crippen LogP contribution in [0.1, 0.15) is 37.7 Å². The molecule has 14 heteroatoms. The van der Waals surface area contributed by atoms with Crippen LogP contribution in [0.15, 0.2) is 30.5 Å². The average Bonchev–Trinajstić information content (AvgIpc) is 3.31. The number of carbonyl (C=O) groups is 5. The number of para-hydroxylation sites is 1. The van der Waals surface area contributed by atoms with Gasteiger partial charge in [-0.15, -0.1) is 0 Å². The molecule has 0 fully saturated rings. The molecule has 0 bridgehead atoms. The van der Waals surface area contributed by atoms with Gasteiger partial charge >= 0.3 is 11.9 Å². The molecule has 0 saturated heterocycles. The number of fused-ring (bicyclic) bond motifs is 1. The normalized spacial score (nSPS) is 14.1. The second-order valence-electron chi connectivity index (χ2n) is 9.09. The number of carboxylic acid groups (broad SMARTS) is 2. The van der Waals surface area contributed by atoms with E-state index < -0.39 is 60.2 Å². The zero-order valence-electron chi connectivity index (χ0n) is 21.4. The Morgan fingerprint density at radius 2 is 1.54 bits per heavy atom. The summed E-state index contributed by atoms with van der Waals surface area (Å²) in [6.45, 7) is 0.349. The molecule has 214 valence electrons. The molecule has 3 amide bonds. The van der Waals surface area contributed by atoms with Crippen molar-refractivity contribution < 1.29 is 34.2 Å². The first kappa shape index (κ1) is 31.6. The lowest BCUT2D eigenvalue weighted by molar-refractivity contribution is -0.143. The van der Waals surface area contributed by atoms with Gasteiger partial charge in [0, 0.05) is 29.3 Å². The lowest BCUT2D eigenvalue weighted by Crippen LogP contribution is -2.57. The van der Waals surface area contributed by atoms with Gasteiger partial charge < -0.3 is 42.6 Å². The minimum atomic E-state index is -1.45. The predicted octanol–water partition coefficient (Wildman–Crippen LogP) is -0.500. The molecular formula is C25H36N6O7S. The summed E-state index contributed by atoms with van der Waals surface area (Å²) in [5.41, 5.74) is 13.4. The highest BCUT2D eigenvalue weighted by molar-refractivity contribution is 7.80. The largest absolute Gasteiger partial charge is 0.481 e. The van der Waals surface area contributed by atoms with Crippen molar-refractivity contribution >= 4 is 53.2 Å². The van der Waals surface area contributed by atoms with E-state index in [1.807, 2.05) is 24.3 Å². The van der Waals surface area contributed by atoms with Crippen LogP contribution in [0.5, 0.6) is 0 Å². The number of amides is 3. The smallest absolute Gasteiger partial charge is 0.326 e. The van der Waals surface area contributed by atoms with Crippen molar-refractivity contribution in [2.75, 3.05) is 12.3 Å². The first-order valence-electron chi connectivity index (χ1n) is 12.5. The summed E-state index contributed by atoms with van der Waals surface area (Å²) in [4.78, 5) is 64.1. The minimum Gasteiger partial charge on any atom is -0.481 e. The predicted molar refractivity (Wildman–Crippen MR) is 147 cm³/mol. The van der Waals surface area contributed by atoms with Crippen molar-refractivity contribution in [3.05, 3.63) is 36.0 Å². The molecule has 1 heterocycles. The van der Waals surface area contributed by atoms with Gasteiger partial charge in [0.25, 0.3) is 0 Å². The molecule has 2 aromatic rings. The number of aromatic amines is 1. The van der Waals surface area contributed by atoms with Gasteiger partial charge in [0.2, 0.25) is 17.7 Å². The Hall–Kier alpha value is -3.62. The number of nitrogens with one attached hydrogen (secondary N) is 4. The van der Waals surface area contributed by atoms with Crippen molar-refractivity contribution in [2.24, 2.45) is 11.5 Å². The molecule has 0 saturated carbocycles. The van der Waals surface area contributed by atoms with E-state index in [-0.39, 0.29) is 25.0 Å². The summed E-state index contributed by atoms with van der Waals surface area (Å²) in [5.74, 6) is -4.79. The van der Waals surface area contributed by atoms with E-state index in [2.05, 4.69) is 33.6 Å². The van der Waals surface area contributed by atoms with E-state index in [9.17, 15) is 29.1 Å². The van der Waals surface area contributed by atoms with Crippen molar-refractivity contribution in [3.8, 4) is 0 Å². The fraction of sp³-hybridized carbons (Fsp3) is 0.480. The molecule has 4 unspecified atom stereocenters. The van der Waals surface area contributed by atoms with E-state index in [1.54, 1.807) is 6.20 Å². The zero-order valence-corrected chi connectivity index (χ0v) is 22.3. The molecule has 0 aliphatic rings. The highest BCUT2D eigenvalue weighted by Gasteiger charge is 2.30. The molecule has 1 aromatic carbocycles. The molecular weight excluding hydrogens is 528 g/mol. The Labute approximate surface area is 230 Å². The van der Waals surface area contributed by atoms with E-state index in [1.165, 1.54) is 0 Å². The van der Waals surface area contributed by atoms with Crippen LogP contribution in [0.25, 0.3) is 10.9 Å². The summed E-state index contributed by atoms with van der Waals surface area (Å²) >= 11 is 4.15. The maximum absolute atomic E-state index is 13.0. The van der Waals surface area contributed by atoms with Crippen LogP contribution in [0.3, 0.4) is 0 Å². The number of carboxylic acids is 2. The van der Waals surface area contributed by atoms with E-state index >= 15 is 0 Å². The lowest BCUT2D eigenvalue weighted by atomic mass is 10.0. The molecule has 0 spiro atoms. The quantitative estimate of drug-likeness (QED) is 0.0889. The number of H-pyrrole nitrogens is 1. The highest BCUT2D eigenvalue weighted by atomic mass is 32.1. The number of rotatable bonds is 17. The number of hydrogen-bond donors (Lipinski definition) is 9. The van der Waals surface area contributed by atoms with Crippen LogP contribution in [0, 0.1) is 0 Å². The third kappa shape index (κ3) is 9.89. The van der Waals surface area contributed by atoms with Crippen LogP contribution in [0.4, 0.5) is 0 Å². The monoisotopic (exact) mass is 564 g/mol. The molecule has 39 heavy (non-hydrogen) atoms. The number of carbonyl (C=O) groups excluding carboxylic acids is 3. The molecule has 2 rings (SSSR count). The van der Waals surface area contributed by atoms with Crippen LogP contribution in [0.2, 0.25) is 0 Å². The summed E-state index contributed by atoms with van der Waals surface area (Å²) in [6.07, 6.45) is 2.34. The third-order valence-corrected chi connectivity index (χ3v) is 6.47. The molecule has 0 radical (unpaired) electrons. The third-order valence-electron chi connectivity index (χ3n) is 6.11. The Kier molecular flexibility index (Phi) is 12.7. The van der Waals surface area contributed by atoms with Gasteiger partial charge in [-0.1, -0.05) is 18.2 Å². The Morgan fingerprint density at radius 1 is 0.897 bits per heavy atom. The van der Waals surface area contributed by atoms with Crippen LogP contribution >= 0.6 is 12.6 Å². The topological polar surface area (TPSA) is 230 Å². The maximum Gasteiger partial charge on any atom is 0.326 e. The number of benzene rings is 1. The molecule has 13 nitrogen and oxygen atoms in total. The Morgan fingerprint density at radius 3 is 2.18 bits per heavy atom. The first-order chi connectivity index (χ1) is 18.6. The van der Waals surface area contributed by atoms with Gasteiger partial charge in [0.05, 0.1) is 6.04 Å². The van der Waals surface area contributed by atoms with Crippen molar-refractivity contribution in [1.29, 1.82) is 0 Å². The summed E-state index contributed by atoms with van der Waals surface area (Å²) < 4.78 is 0. The summed E-state index contributed by atoms with van der Waals surface area (Å²) in [6, 6.07) is 2.87. The van der Waals surface area contributed by atoms with Crippen molar-refractivity contribution in [3.63, 3.8) is 0 Å². The second kappa shape index (κ2) is 15.7. The van der Waals surface area contributed by atoms with Gasteiger partial charge in [0.15, 0.2) is 0 Å². The number of nitrogens with two attached hydrogens (primary N) is 2. The SMILES string of the molecule is NCCCCC(NC(=O)C(CS)NC(=O)C(N)Cc1c[nH]c2ccccc12)C(=O)NC(CCC(=O)O)C(=O)O. The van der Waals surface area contributed by atoms with Crippen molar-refractivity contribution in [1.82, 2.24) is 20.9 Å². The molecule has 4 atom stereocenters. The number of thiol groups is 1. The first-order valence-corrected chi connectivity index (χ1v) is 13.2.